The van der Waals surface area contributed by atoms with Crippen LogP contribution in [0.4, 0.5) is 0 Å². The molecule has 0 spiro atoms. The summed E-state index contributed by atoms with van der Waals surface area (Å²) < 4.78 is 23.4. The van der Waals surface area contributed by atoms with Crippen molar-refractivity contribution in [1.29, 1.82) is 0 Å². The zero-order valence-corrected chi connectivity index (χ0v) is 21.8. The molecule has 0 amide bonds. The molecule has 0 aliphatic carbocycles. The Bertz CT molecular complexity index is 509. The molecule has 9 nitrogen and oxygen atoms in total. The fourth-order valence-electron chi connectivity index (χ4n) is 5.09. The van der Waals surface area contributed by atoms with Crippen molar-refractivity contribution in [3.05, 3.63) is 0 Å². The van der Waals surface area contributed by atoms with E-state index in [4.69, 9.17) is 18.9 Å². The van der Waals surface area contributed by atoms with Gasteiger partial charge in [0.05, 0.1) is 19.2 Å². The lowest BCUT2D eigenvalue weighted by Crippen LogP contribution is -2.49. The maximum Gasteiger partial charge on any atom is 0.142 e. The molecule has 0 N–H and O–H groups in total. The Hall–Kier alpha value is -0.295. The zero-order valence-electron chi connectivity index (χ0n) is 21.8. The average Bonchev–Trinajstić information content (AvgIpc) is 3.11. The molecule has 3 saturated heterocycles. The highest BCUT2D eigenvalue weighted by Gasteiger charge is 2.43. The van der Waals surface area contributed by atoms with Gasteiger partial charge in [0.2, 0.25) is 0 Å². The van der Waals surface area contributed by atoms with Crippen LogP contribution in [0.25, 0.3) is 0 Å². The summed E-state index contributed by atoms with van der Waals surface area (Å²) in [7, 11) is 9.95. The molecule has 33 heavy (non-hydrogen) atoms. The van der Waals surface area contributed by atoms with E-state index in [9.17, 15) is 0 Å². The fraction of sp³-hybridized carbons (Fsp3) is 1.00. The number of rotatable bonds is 13. The smallest absolute Gasteiger partial charge is 0.142 e. The number of methoxy groups -OCH3 is 2. The first-order chi connectivity index (χ1) is 16.0. The van der Waals surface area contributed by atoms with Crippen molar-refractivity contribution in [3.63, 3.8) is 0 Å². The van der Waals surface area contributed by atoms with Crippen LogP contribution in [0.5, 0.6) is 0 Å². The molecule has 3 fully saturated rings. The molecular weight excluding hydrogens is 421 g/mol. The Morgan fingerprint density at radius 3 is 1.85 bits per heavy atom. The Morgan fingerprint density at radius 1 is 0.818 bits per heavy atom. The lowest BCUT2D eigenvalue weighted by atomic mass is 9.93. The van der Waals surface area contributed by atoms with Gasteiger partial charge in [0.15, 0.2) is 0 Å². The maximum absolute atomic E-state index is 6.35. The number of likely N-dealkylation sites (N-methyl/N-ethyl adjacent to an activating group) is 2. The SMILES string of the molecule is B[C@@H]1O[C@H](COC)C(OC)[C@@H]1OCCN(CCN1CCN(C)CC1)CCN1CCN(C)CC1. The van der Waals surface area contributed by atoms with E-state index in [1.165, 1.54) is 52.4 Å². The van der Waals surface area contributed by atoms with Gasteiger partial charge in [0, 0.05) is 99.3 Å². The highest BCUT2D eigenvalue weighted by molar-refractivity contribution is 6.11. The Balaban J connectivity index is 1.46. The molecule has 0 aromatic heterocycles. The summed E-state index contributed by atoms with van der Waals surface area (Å²) in [6, 6.07) is 0.0132. The van der Waals surface area contributed by atoms with Crippen molar-refractivity contribution >= 4 is 7.85 Å². The fourth-order valence-corrected chi connectivity index (χ4v) is 5.09. The van der Waals surface area contributed by atoms with E-state index in [2.05, 4.69) is 46.4 Å². The third kappa shape index (κ3) is 8.70. The molecule has 0 aromatic rings. The van der Waals surface area contributed by atoms with E-state index in [-0.39, 0.29) is 24.3 Å². The van der Waals surface area contributed by atoms with Crippen molar-refractivity contribution in [2.24, 2.45) is 0 Å². The number of piperazine rings is 2. The van der Waals surface area contributed by atoms with Gasteiger partial charge in [0.25, 0.3) is 0 Å². The van der Waals surface area contributed by atoms with Crippen LogP contribution >= 0.6 is 0 Å². The standard InChI is InChI=1S/C23H48BN5O4/c1-25-5-9-27(10-6-25)13-15-29(16-14-28-11-7-26(2)8-12-28)17-18-32-22-21(31-4)20(19-30-3)33-23(22)24/h20-23H,5-19,24H2,1-4H3/t20-,21?,22+,23-/m1/s1. The lowest BCUT2D eigenvalue weighted by Gasteiger charge is -2.36. The second kappa shape index (κ2) is 14.3. The van der Waals surface area contributed by atoms with Crippen LogP contribution in [-0.2, 0) is 18.9 Å². The Kier molecular flexibility index (Phi) is 11.8. The minimum absolute atomic E-state index is 0.0132. The maximum atomic E-state index is 6.35. The highest BCUT2D eigenvalue weighted by Crippen LogP contribution is 2.25. The Morgan fingerprint density at radius 2 is 1.36 bits per heavy atom. The molecule has 0 bridgehead atoms. The monoisotopic (exact) mass is 469 g/mol. The van der Waals surface area contributed by atoms with E-state index in [1.54, 1.807) is 14.2 Å². The van der Waals surface area contributed by atoms with Gasteiger partial charge in [-0.2, -0.15) is 0 Å². The third-order valence-corrected chi connectivity index (χ3v) is 7.52. The first-order valence-corrected chi connectivity index (χ1v) is 12.8. The first kappa shape index (κ1) is 27.3. The molecule has 1 unspecified atom stereocenters. The van der Waals surface area contributed by atoms with E-state index in [1.807, 2.05) is 0 Å². The Labute approximate surface area is 202 Å². The van der Waals surface area contributed by atoms with Gasteiger partial charge in [-0.25, -0.2) is 0 Å². The summed E-state index contributed by atoms with van der Waals surface area (Å²) in [6.07, 6.45) is -0.193. The molecule has 3 rings (SSSR count). The van der Waals surface area contributed by atoms with E-state index in [0.717, 1.165) is 32.7 Å². The molecule has 0 radical (unpaired) electrons. The van der Waals surface area contributed by atoms with Crippen LogP contribution in [0.2, 0.25) is 0 Å². The summed E-state index contributed by atoms with van der Waals surface area (Å²) in [4.78, 5) is 12.6. The van der Waals surface area contributed by atoms with Crippen LogP contribution in [0.1, 0.15) is 0 Å². The van der Waals surface area contributed by atoms with Crippen molar-refractivity contribution in [3.8, 4) is 0 Å². The molecule has 3 aliphatic rings. The summed E-state index contributed by atoms with van der Waals surface area (Å²) in [5.41, 5.74) is 0. The van der Waals surface area contributed by atoms with Gasteiger partial charge in [-0.05, 0) is 14.1 Å². The molecule has 0 saturated carbocycles. The third-order valence-electron chi connectivity index (χ3n) is 7.52. The predicted molar refractivity (Wildman–Crippen MR) is 134 cm³/mol. The molecule has 192 valence electrons. The van der Waals surface area contributed by atoms with E-state index in [0.29, 0.717) is 13.2 Å². The second-order valence-electron chi connectivity index (χ2n) is 10.0. The quantitative estimate of drug-likeness (QED) is 0.291. The normalized spacial score (nSPS) is 31.1. The van der Waals surface area contributed by atoms with Gasteiger partial charge in [-0.15, -0.1) is 0 Å². The summed E-state index contributed by atoms with van der Waals surface area (Å²) in [5.74, 6) is 0. The van der Waals surface area contributed by atoms with Crippen LogP contribution in [0.3, 0.4) is 0 Å². The second-order valence-corrected chi connectivity index (χ2v) is 10.0. The number of ether oxygens (including phenoxy) is 4. The van der Waals surface area contributed by atoms with Crippen molar-refractivity contribution in [1.82, 2.24) is 24.5 Å². The highest BCUT2D eigenvalue weighted by atomic mass is 16.6. The van der Waals surface area contributed by atoms with E-state index < -0.39 is 0 Å². The number of hydrogen-bond donors (Lipinski definition) is 0. The molecule has 3 heterocycles. The summed E-state index contributed by atoms with van der Waals surface area (Å²) in [5, 5.41) is 0. The average molecular weight is 469 g/mol. The van der Waals surface area contributed by atoms with Gasteiger partial charge in [-0.3, -0.25) is 14.7 Å². The summed E-state index contributed by atoms with van der Waals surface area (Å²) in [6.45, 7) is 16.0. The van der Waals surface area contributed by atoms with Crippen molar-refractivity contribution in [2.45, 2.75) is 24.3 Å². The van der Waals surface area contributed by atoms with E-state index >= 15 is 0 Å². The molecule has 10 heteroatoms. The zero-order chi connectivity index (χ0) is 23.6. The molecule has 4 atom stereocenters. The van der Waals surface area contributed by atoms with Gasteiger partial charge in [-0.1, -0.05) is 0 Å². The molecule has 0 aromatic carbocycles. The van der Waals surface area contributed by atoms with Gasteiger partial charge < -0.3 is 28.7 Å². The number of nitrogens with zero attached hydrogens (tertiary/aromatic N) is 5. The molecule has 3 aliphatic heterocycles. The van der Waals surface area contributed by atoms with Crippen molar-refractivity contribution in [2.75, 3.05) is 127 Å². The van der Waals surface area contributed by atoms with Crippen LogP contribution in [-0.4, -0.2) is 183 Å². The summed E-state index contributed by atoms with van der Waals surface area (Å²) >= 11 is 0. The van der Waals surface area contributed by atoms with Gasteiger partial charge >= 0.3 is 0 Å². The minimum Gasteiger partial charge on any atom is -0.382 e. The topological polar surface area (TPSA) is 53.1 Å². The van der Waals surface area contributed by atoms with Crippen molar-refractivity contribution < 1.29 is 18.9 Å². The lowest BCUT2D eigenvalue weighted by molar-refractivity contribution is -0.0587. The largest absolute Gasteiger partial charge is 0.382 e. The predicted octanol–water partition coefficient (Wildman–Crippen LogP) is -1.81. The minimum atomic E-state index is -0.0796. The number of hydrogen-bond acceptors (Lipinski definition) is 9. The van der Waals surface area contributed by atoms with Crippen LogP contribution in [0.15, 0.2) is 0 Å². The van der Waals surface area contributed by atoms with Crippen LogP contribution < -0.4 is 0 Å². The van der Waals surface area contributed by atoms with Gasteiger partial charge in [0.1, 0.15) is 26.2 Å². The van der Waals surface area contributed by atoms with Crippen LogP contribution in [0, 0.1) is 0 Å². The first-order valence-electron chi connectivity index (χ1n) is 12.8. The molecular formula is C23H48BN5O4.